The Balaban J connectivity index is 1.62. The number of halogens is 2. The van der Waals surface area contributed by atoms with E-state index in [1.165, 1.54) is 16.8 Å². The highest BCUT2D eigenvalue weighted by Crippen LogP contribution is 2.20. The molecule has 0 aliphatic rings. The summed E-state index contributed by atoms with van der Waals surface area (Å²) in [7, 11) is 0. The van der Waals surface area contributed by atoms with Crippen molar-refractivity contribution in [3.8, 4) is 5.69 Å². The Morgan fingerprint density at radius 2 is 1.93 bits per heavy atom. The van der Waals surface area contributed by atoms with E-state index in [4.69, 9.17) is 0 Å². The van der Waals surface area contributed by atoms with Crippen LogP contribution in [0.5, 0.6) is 0 Å². The van der Waals surface area contributed by atoms with Gasteiger partial charge in [0.25, 0.3) is 5.91 Å². The summed E-state index contributed by atoms with van der Waals surface area (Å²) < 4.78 is 30.2. The number of hydrogen-bond acceptors (Lipinski definition) is 3. The highest BCUT2D eigenvalue weighted by molar-refractivity contribution is 5.96. The van der Waals surface area contributed by atoms with Crippen LogP contribution < -0.4 is 10.9 Å². The Bertz CT molecular complexity index is 1090. The molecule has 8 heteroatoms. The SMILES string of the molecule is Cc1nn(-c2ccc(F)cc2F)c(C)c1C(=O)NCCCCn1ccccc1=O. The maximum Gasteiger partial charge on any atom is 0.255 e. The molecular weight excluding hydrogens is 378 g/mol. The van der Waals surface area contributed by atoms with E-state index >= 15 is 0 Å². The quantitative estimate of drug-likeness (QED) is 0.620. The van der Waals surface area contributed by atoms with Crippen molar-refractivity contribution in [1.82, 2.24) is 19.7 Å². The minimum Gasteiger partial charge on any atom is -0.352 e. The molecule has 0 fully saturated rings. The van der Waals surface area contributed by atoms with Crippen molar-refractivity contribution in [2.45, 2.75) is 33.2 Å². The van der Waals surface area contributed by atoms with Gasteiger partial charge >= 0.3 is 0 Å². The second-order valence-electron chi connectivity index (χ2n) is 6.75. The number of carbonyl (C=O) groups is 1. The van der Waals surface area contributed by atoms with Crippen LogP contribution in [-0.4, -0.2) is 26.8 Å². The Labute approximate surface area is 166 Å². The van der Waals surface area contributed by atoms with E-state index in [0.717, 1.165) is 18.6 Å². The monoisotopic (exact) mass is 400 g/mol. The van der Waals surface area contributed by atoms with Crippen molar-refractivity contribution < 1.29 is 13.6 Å². The third-order valence-corrected chi connectivity index (χ3v) is 4.67. The van der Waals surface area contributed by atoms with Crippen molar-refractivity contribution >= 4 is 5.91 Å². The fourth-order valence-corrected chi connectivity index (χ4v) is 3.20. The number of pyridine rings is 1. The smallest absolute Gasteiger partial charge is 0.255 e. The van der Waals surface area contributed by atoms with Crippen LogP contribution >= 0.6 is 0 Å². The Morgan fingerprint density at radius 1 is 1.14 bits per heavy atom. The lowest BCUT2D eigenvalue weighted by Gasteiger charge is -2.08. The average molecular weight is 400 g/mol. The second-order valence-corrected chi connectivity index (χ2v) is 6.75. The third kappa shape index (κ3) is 4.59. The molecule has 0 spiro atoms. The first kappa shape index (κ1) is 20.4. The molecular formula is C21H22F2N4O2. The number of rotatable bonds is 7. The van der Waals surface area contributed by atoms with E-state index in [1.807, 2.05) is 0 Å². The third-order valence-electron chi connectivity index (χ3n) is 4.67. The standard InChI is InChI=1S/C21H22F2N4O2/c1-14-20(15(2)27(25-14)18-9-8-16(22)13-17(18)23)21(29)24-10-4-6-12-26-11-5-3-7-19(26)28/h3,5,7-9,11,13H,4,6,10,12H2,1-2H3,(H,24,29). The Hall–Kier alpha value is -3.29. The predicted octanol–water partition coefficient (Wildman–Crippen LogP) is 3.14. The summed E-state index contributed by atoms with van der Waals surface area (Å²) in [5.74, 6) is -1.73. The number of aryl methyl sites for hydroxylation is 2. The molecule has 0 unspecified atom stereocenters. The van der Waals surface area contributed by atoms with Gasteiger partial charge in [-0.3, -0.25) is 9.59 Å². The summed E-state index contributed by atoms with van der Waals surface area (Å²) >= 11 is 0. The molecule has 0 aliphatic heterocycles. The van der Waals surface area contributed by atoms with E-state index in [0.29, 0.717) is 36.5 Å². The van der Waals surface area contributed by atoms with Crippen LogP contribution in [0.3, 0.4) is 0 Å². The zero-order valence-corrected chi connectivity index (χ0v) is 16.3. The van der Waals surface area contributed by atoms with Crippen molar-refractivity contribution in [1.29, 1.82) is 0 Å². The first-order valence-corrected chi connectivity index (χ1v) is 9.34. The van der Waals surface area contributed by atoms with Gasteiger partial charge in [0.1, 0.15) is 11.5 Å². The largest absolute Gasteiger partial charge is 0.352 e. The van der Waals surface area contributed by atoms with Crippen molar-refractivity contribution in [3.63, 3.8) is 0 Å². The van der Waals surface area contributed by atoms with E-state index in [2.05, 4.69) is 10.4 Å². The molecule has 2 aromatic heterocycles. The van der Waals surface area contributed by atoms with Crippen LogP contribution in [0.15, 0.2) is 47.4 Å². The van der Waals surface area contributed by atoms with Crippen LogP contribution in [0.2, 0.25) is 0 Å². The Morgan fingerprint density at radius 3 is 2.66 bits per heavy atom. The van der Waals surface area contributed by atoms with Crippen molar-refractivity contribution in [3.05, 3.63) is 81.5 Å². The zero-order chi connectivity index (χ0) is 21.0. The van der Waals surface area contributed by atoms with E-state index in [9.17, 15) is 18.4 Å². The maximum absolute atomic E-state index is 14.1. The molecule has 0 saturated heterocycles. The summed E-state index contributed by atoms with van der Waals surface area (Å²) in [5, 5.41) is 7.08. The lowest BCUT2D eigenvalue weighted by atomic mass is 10.1. The van der Waals surface area contributed by atoms with E-state index < -0.39 is 11.6 Å². The van der Waals surface area contributed by atoms with Gasteiger partial charge in [-0.25, -0.2) is 13.5 Å². The summed E-state index contributed by atoms with van der Waals surface area (Å²) in [4.78, 5) is 24.2. The molecule has 1 amide bonds. The highest BCUT2D eigenvalue weighted by atomic mass is 19.1. The minimum absolute atomic E-state index is 0.0526. The minimum atomic E-state index is -0.751. The van der Waals surface area contributed by atoms with Gasteiger partial charge in [0.15, 0.2) is 5.82 Å². The van der Waals surface area contributed by atoms with Gasteiger partial charge in [-0.05, 0) is 44.9 Å². The molecule has 3 rings (SSSR count). The molecule has 0 atom stereocenters. The first-order valence-electron chi connectivity index (χ1n) is 9.34. The van der Waals surface area contributed by atoms with Crippen molar-refractivity contribution in [2.24, 2.45) is 0 Å². The number of hydrogen-bond donors (Lipinski definition) is 1. The molecule has 2 heterocycles. The normalized spacial score (nSPS) is 10.9. The molecule has 1 aromatic carbocycles. The molecule has 0 bridgehead atoms. The predicted molar refractivity (Wildman–Crippen MR) is 105 cm³/mol. The number of aromatic nitrogens is 3. The lowest BCUT2D eigenvalue weighted by Crippen LogP contribution is -2.26. The maximum atomic E-state index is 14.1. The van der Waals surface area contributed by atoms with Crippen LogP contribution in [0.4, 0.5) is 8.78 Å². The first-order chi connectivity index (χ1) is 13.9. The lowest BCUT2D eigenvalue weighted by molar-refractivity contribution is 0.0951. The summed E-state index contributed by atoms with van der Waals surface area (Å²) in [6.07, 6.45) is 3.17. The van der Waals surface area contributed by atoms with Gasteiger partial charge in [0.2, 0.25) is 5.56 Å². The molecule has 3 aromatic rings. The molecule has 0 saturated carbocycles. The van der Waals surface area contributed by atoms with Gasteiger partial charge in [-0.1, -0.05) is 6.07 Å². The summed E-state index contributed by atoms with van der Waals surface area (Å²) in [5.41, 5.74) is 1.33. The van der Waals surface area contributed by atoms with Crippen LogP contribution in [-0.2, 0) is 6.54 Å². The molecule has 0 radical (unpaired) electrons. The number of carbonyl (C=O) groups excluding carboxylic acids is 1. The highest BCUT2D eigenvalue weighted by Gasteiger charge is 2.20. The average Bonchev–Trinajstić information content (AvgIpc) is 2.97. The number of nitrogens with zero attached hydrogens (tertiary/aromatic N) is 3. The van der Waals surface area contributed by atoms with Gasteiger partial charge in [-0.15, -0.1) is 0 Å². The van der Waals surface area contributed by atoms with Gasteiger partial charge < -0.3 is 9.88 Å². The number of nitrogens with one attached hydrogen (secondary N) is 1. The Kier molecular flexibility index (Phi) is 6.21. The van der Waals surface area contributed by atoms with Crippen LogP contribution in [0, 0.1) is 25.5 Å². The van der Waals surface area contributed by atoms with Gasteiger partial charge in [-0.2, -0.15) is 5.10 Å². The van der Waals surface area contributed by atoms with E-state index in [-0.39, 0.29) is 17.2 Å². The van der Waals surface area contributed by atoms with Crippen LogP contribution in [0.1, 0.15) is 34.6 Å². The number of amides is 1. The van der Waals surface area contributed by atoms with Crippen LogP contribution in [0.25, 0.3) is 5.69 Å². The summed E-state index contributed by atoms with van der Waals surface area (Å²) in [6, 6.07) is 8.22. The van der Waals surface area contributed by atoms with Gasteiger partial charge in [0.05, 0.1) is 17.0 Å². The second kappa shape index (κ2) is 8.81. The van der Waals surface area contributed by atoms with E-state index in [1.54, 1.807) is 36.7 Å². The zero-order valence-electron chi connectivity index (χ0n) is 16.3. The fourth-order valence-electron chi connectivity index (χ4n) is 3.20. The molecule has 6 nitrogen and oxygen atoms in total. The topological polar surface area (TPSA) is 68.9 Å². The molecule has 152 valence electrons. The van der Waals surface area contributed by atoms with Gasteiger partial charge in [0, 0.05) is 31.4 Å². The number of benzene rings is 1. The number of unbranched alkanes of at least 4 members (excludes halogenated alkanes) is 1. The molecule has 29 heavy (non-hydrogen) atoms. The summed E-state index contributed by atoms with van der Waals surface area (Å²) in [6.45, 7) is 4.35. The molecule has 0 aliphatic carbocycles. The fraction of sp³-hybridized carbons (Fsp3) is 0.286. The van der Waals surface area contributed by atoms with Crippen molar-refractivity contribution in [2.75, 3.05) is 6.54 Å². The molecule has 1 N–H and O–H groups in total.